The predicted molar refractivity (Wildman–Crippen MR) is 125 cm³/mol. The fraction of sp³-hybridized carbons (Fsp3) is 0.600. The Balaban J connectivity index is 2.05. The van der Waals surface area contributed by atoms with Crippen molar-refractivity contribution >= 4 is 17.6 Å². The molecular weight excluding hydrogens is 442 g/mol. The average Bonchev–Trinajstić information content (AvgIpc) is 3.08. The summed E-state index contributed by atoms with van der Waals surface area (Å²) in [7, 11) is 2.96. The summed E-state index contributed by atoms with van der Waals surface area (Å²) >= 11 is 0. The molecule has 0 aromatic heterocycles. The smallest absolute Gasteiger partial charge is 0.344 e. The lowest BCUT2D eigenvalue weighted by atomic mass is 9.94. The van der Waals surface area contributed by atoms with Crippen molar-refractivity contribution in [1.82, 2.24) is 0 Å². The SMILES string of the molecule is COCOc1cc(OC)cc2c1C(=O)O[C@@H](C)[C@H](C)/C=C\C(C)[C@H]1OC(C)(C)O[C@H]1CC(=O)N2. The molecule has 2 aliphatic rings. The molecule has 1 N–H and O–H groups in total. The van der Waals surface area contributed by atoms with Crippen molar-refractivity contribution in [3.8, 4) is 11.5 Å². The van der Waals surface area contributed by atoms with E-state index >= 15 is 0 Å². The topological polar surface area (TPSA) is 102 Å². The van der Waals surface area contributed by atoms with Gasteiger partial charge < -0.3 is 33.7 Å². The lowest BCUT2D eigenvalue weighted by Gasteiger charge is -2.24. The van der Waals surface area contributed by atoms with E-state index in [9.17, 15) is 9.59 Å². The molecule has 5 atom stereocenters. The molecule has 2 aliphatic heterocycles. The van der Waals surface area contributed by atoms with Crippen LogP contribution < -0.4 is 14.8 Å². The zero-order chi connectivity index (χ0) is 25.0. The van der Waals surface area contributed by atoms with Gasteiger partial charge in [0.15, 0.2) is 12.6 Å². The highest BCUT2D eigenvalue weighted by atomic mass is 16.8. The van der Waals surface area contributed by atoms with Gasteiger partial charge in [0, 0.05) is 31.1 Å². The number of hydrogen-bond acceptors (Lipinski definition) is 8. The highest BCUT2D eigenvalue weighted by Crippen LogP contribution is 2.37. The number of nitrogens with one attached hydrogen (secondary N) is 1. The fourth-order valence-electron chi connectivity index (χ4n) is 4.06. The standard InChI is InChI=1S/C25H35NO8/c1-14-8-9-15(2)23-20(33-25(4,5)34-23)12-21(27)26-18-10-17(30-7)11-19(31-13-29-6)22(18)24(28)32-16(14)3/h8-11,14-16,20,23H,12-13H2,1-7H3,(H,26,27)/b9-8-/t14-,15?,16+,20+,23-/m1/s1. The first kappa shape index (κ1) is 26.0. The molecule has 9 heteroatoms. The molecule has 0 radical (unpaired) electrons. The number of fused-ring (bicyclic) bond motifs is 2. The maximum atomic E-state index is 13.2. The summed E-state index contributed by atoms with van der Waals surface area (Å²) in [6.45, 7) is 9.38. The number of benzene rings is 1. The predicted octanol–water partition coefficient (Wildman–Crippen LogP) is 3.91. The number of carbonyl (C=O) groups is 2. The maximum Gasteiger partial charge on any atom is 0.344 e. The normalized spacial score (nSPS) is 30.3. The van der Waals surface area contributed by atoms with Crippen LogP contribution in [0, 0.1) is 11.8 Å². The number of anilines is 1. The second kappa shape index (κ2) is 10.8. The molecule has 188 valence electrons. The van der Waals surface area contributed by atoms with Gasteiger partial charge in [-0.1, -0.05) is 26.0 Å². The van der Waals surface area contributed by atoms with Crippen molar-refractivity contribution in [2.24, 2.45) is 11.8 Å². The Morgan fingerprint density at radius 2 is 1.76 bits per heavy atom. The molecule has 0 aliphatic carbocycles. The van der Waals surface area contributed by atoms with Crippen LogP contribution in [0.4, 0.5) is 5.69 Å². The van der Waals surface area contributed by atoms with E-state index in [2.05, 4.69) is 5.32 Å². The molecule has 3 rings (SSSR count). The van der Waals surface area contributed by atoms with E-state index in [1.807, 2.05) is 46.8 Å². The first-order chi connectivity index (χ1) is 16.0. The minimum absolute atomic E-state index is 0.0192. The first-order valence-corrected chi connectivity index (χ1v) is 11.4. The summed E-state index contributed by atoms with van der Waals surface area (Å²) in [5.41, 5.74) is 0.302. The summed E-state index contributed by atoms with van der Waals surface area (Å²) in [5, 5.41) is 2.82. The third-order valence-electron chi connectivity index (χ3n) is 6.00. The second-order valence-electron chi connectivity index (χ2n) is 9.20. The van der Waals surface area contributed by atoms with Crippen LogP contribution in [0.2, 0.25) is 0 Å². The van der Waals surface area contributed by atoms with Gasteiger partial charge in [-0.25, -0.2) is 4.79 Å². The van der Waals surface area contributed by atoms with Crippen LogP contribution in [0.5, 0.6) is 11.5 Å². The Bertz CT molecular complexity index is 928. The molecule has 2 heterocycles. The molecule has 0 bridgehead atoms. The minimum atomic E-state index is -0.814. The summed E-state index contributed by atoms with van der Waals surface area (Å²) in [5.74, 6) is -1.29. The van der Waals surface area contributed by atoms with Gasteiger partial charge in [-0.15, -0.1) is 0 Å². The van der Waals surface area contributed by atoms with Crippen molar-refractivity contribution in [3.05, 3.63) is 29.8 Å². The molecule has 0 spiro atoms. The highest BCUT2D eigenvalue weighted by molar-refractivity contribution is 6.04. The summed E-state index contributed by atoms with van der Waals surface area (Å²) < 4.78 is 33.9. The molecule has 1 fully saturated rings. The van der Waals surface area contributed by atoms with Crippen molar-refractivity contribution in [1.29, 1.82) is 0 Å². The lowest BCUT2D eigenvalue weighted by Crippen LogP contribution is -2.33. The van der Waals surface area contributed by atoms with E-state index in [0.717, 1.165) is 0 Å². The fourth-order valence-corrected chi connectivity index (χ4v) is 4.06. The molecule has 1 saturated heterocycles. The summed E-state index contributed by atoms with van der Waals surface area (Å²) in [4.78, 5) is 26.4. The highest BCUT2D eigenvalue weighted by Gasteiger charge is 2.44. The van der Waals surface area contributed by atoms with Gasteiger partial charge in [0.25, 0.3) is 0 Å². The number of ether oxygens (including phenoxy) is 6. The van der Waals surface area contributed by atoms with Crippen LogP contribution in [-0.2, 0) is 23.7 Å². The summed E-state index contributed by atoms with van der Waals surface area (Å²) in [6.07, 6.45) is 2.85. The van der Waals surface area contributed by atoms with Gasteiger partial charge >= 0.3 is 5.97 Å². The number of hydrogen-bond donors (Lipinski definition) is 1. The molecular formula is C25H35NO8. The Hall–Kier alpha value is -2.62. The zero-order valence-electron chi connectivity index (χ0n) is 20.9. The van der Waals surface area contributed by atoms with Crippen LogP contribution in [0.25, 0.3) is 0 Å². The molecule has 1 unspecified atom stereocenters. The monoisotopic (exact) mass is 477 g/mol. The molecule has 0 saturated carbocycles. The third-order valence-corrected chi connectivity index (χ3v) is 6.00. The van der Waals surface area contributed by atoms with Crippen LogP contribution in [-0.4, -0.2) is 57.0 Å². The van der Waals surface area contributed by atoms with E-state index in [0.29, 0.717) is 5.75 Å². The molecule has 9 nitrogen and oxygen atoms in total. The number of carbonyl (C=O) groups excluding carboxylic acids is 2. The van der Waals surface area contributed by atoms with E-state index in [1.54, 1.807) is 12.1 Å². The van der Waals surface area contributed by atoms with E-state index < -0.39 is 24.0 Å². The lowest BCUT2D eigenvalue weighted by molar-refractivity contribution is -0.150. The van der Waals surface area contributed by atoms with Gasteiger partial charge in [0.1, 0.15) is 23.2 Å². The Morgan fingerprint density at radius 3 is 2.44 bits per heavy atom. The third kappa shape index (κ3) is 6.08. The summed E-state index contributed by atoms with van der Waals surface area (Å²) in [6, 6.07) is 3.11. The van der Waals surface area contributed by atoms with Crippen LogP contribution in [0.3, 0.4) is 0 Å². The van der Waals surface area contributed by atoms with Gasteiger partial charge in [0.05, 0.1) is 31.4 Å². The van der Waals surface area contributed by atoms with E-state index in [1.165, 1.54) is 14.2 Å². The Morgan fingerprint density at radius 1 is 1.06 bits per heavy atom. The van der Waals surface area contributed by atoms with E-state index in [-0.39, 0.29) is 54.1 Å². The average molecular weight is 478 g/mol. The van der Waals surface area contributed by atoms with Gasteiger partial charge in [-0.3, -0.25) is 4.79 Å². The Labute approximate surface area is 200 Å². The molecule has 34 heavy (non-hydrogen) atoms. The quantitative estimate of drug-likeness (QED) is 0.396. The number of cyclic esters (lactones) is 1. The number of esters is 1. The van der Waals surface area contributed by atoms with Crippen LogP contribution >= 0.6 is 0 Å². The molecule has 1 aromatic carbocycles. The van der Waals surface area contributed by atoms with Crippen molar-refractivity contribution in [3.63, 3.8) is 0 Å². The number of methoxy groups -OCH3 is 2. The zero-order valence-corrected chi connectivity index (χ0v) is 20.9. The molecule has 1 aromatic rings. The second-order valence-corrected chi connectivity index (χ2v) is 9.20. The van der Waals surface area contributed by atoms with Crippen LogP contribution in [0.1, 0.15) is 51.4 Å². The van der Waals surface area contributed by atoms with Gasteiger partial charge in [0.2, 0.25) is 5.91 Å². The largest absolute Gasteiger partial charge is 0.497 e. The van der Waals surface area contributed by atoms with Crippen molar-refractivity contribution < 1.29 is 38.0 Å². The maximum absolute atomic E-state index is 13.2. The van der Waals surface area contributed by atoms with Gasteiger partial charge in [-0.05, 0) is 20.8 Å². The Kier molecular flexibility index (Phi) is 8.22. The van der Waals surface area contributed by atoms with Crippen molar-refractivity contribution in [2.75, 3.05) is 26.3 Å². The van der Waals surface area contributed by atoms with Gasteiger partial charge in [-0.2, -0.15) is 0 Å². The molecule has 1 amide bonds. The van der Waals surface area contributed by atoms with Crippen LogP contribution in [0.15, 0.2) is 24.3 Å². The van der Waals surface area contributed by atoms with Crippen molar-refractivity contribution in [2.45, 2.75) is 65.1 Å². The number of rotatable bonds is 4. The number of amides is 1. The minimum Gasteiger partial charge on any atom is -0.497 e. The first-order valence-electron chi connectivity index (χ1n) is 11.4. The van der Waals surface area contributed by atoms with E-state index in [4.69, 9.17) is 28.4 Å².